The van der Waals surface area contributed by atoms with Gasteiger partial charge in [0.15, 0.2) is 0 Å². The van der Waals surface area contributed by atoms with Crippen LogP contribution in [0.4, 0.5) is 0 Å². The number of aliphatic hydroxyl groups excluding tert-OH is 1. The SMILES string of the molecule is OC1CCCC1NCc1sccc1Br. The van der Waals surface area contributed by atoms with E-state index in [0.29, 0.717) is 6.04 Å². The van der Waals surface area contributed by atoms with E-state index in [1.54, 1.807) is 11.3 Å². The smallest absolute Gasteiger partial charge is 0.0693 e. The summed E-state index contributed by atoms with van der Waals surface area (Å²) in [4.78, 5) is 1.31. The van der Waals surface area contributed by atoms with E-state index in [2.05, 4.69) is 32.7 Å². The van der Waals surface area contributed by atoms with E-state index in [1.165, 1.54) is 9.35 Å². The lowest BCUT2D eigenvalue weighted by Crippen LogP contribution is -2.34. The van der Waals surface area contributed by atoms with Crippen LogP contribution in [0.25, 0.3) is 0 Å². The summed E-state index contributed by atoms with van der Waals surface area (Å²) in [7, 11) is 0. The van der Waals surface area contributed by atoms with Crippen molar-refractivity contribution < 1.29 is 5.11 Å². The minimum Gasteiger partial charge on any atom is -0.392 e. The Labute approximate surface area is 96.5 Å². The second kappa shape index (κ2) is 4.75. The van der Waals surface area contributed by atoms with E-state index in [0.717, 1.165) is 25.8 Å². The summed E-state index contributed by atoms with van der Waals surface area (Å²) >= 11 is 5.24. The second-order valence-corrected chi connectivity index (χ2v) is 5.53. The fraction of sp³-hybridized carbons (Fsp3) is 0.600. The Hall–Kier alpha value is 0.100. The van der Waals surface area contributed by atoms with Crippen molar-refractivity contribution in [1.82, 2.24) is 5.32 Å². The molecule has 2 atom stereocenters. The van der Waals surface area contributed by atoms with Gasteiger partial charge in [0, 0.05) is 21.9 Å². The maximum Gasteiger partial charge on any atom is 0.0693 e. The highest BCUT2D eigenvalue weighted by Crippen LogP contribution is 2.24. The third-order valence-electron chi connectivity index (χ3n) is 2.70. The van der Waals surface area contributed by atoms with Gasteiger partial charge in [-0.25, -0.2) is 0 Å². The van der Waals surface area contributed by atoms with Gasteiger partial charge in [-0.15, -0.1) is 11.3 Å². The molecule has 1 fully saturated rings. The molecular weight excluding hydrogens is 262 g/mol. The third-order valence-corrected chi connectivity index (χ3v) is 4.62. The average Bonchev–Trinajstić information content (AvgIpc) is 2.72. The van der Waals surface area contributed by atoms with Crippen molar-refractivity contribution in [3.05, 3.63) is 20.8 Å². The monoisotopic (exact) mass is 275 g/mol. The fourth-order valence-electron chi connectivity index (χ4n) is 1.85. The van der Waals surface area contributed by atoms with E-state index in [9.17, 15) is 5.11 Å². The largest absolute Gasteiger partial charge is 0.392 e. The number of rotatable bonds is 3. The fourth-order valence-corrected chi connectivity index (χ4v) is 3.30. The van der Waals surface area contributed by atoms with Crippen molar-refractivity contribution in [1.29, 1.82) is 0 Å². The molecule has 0 aromatic carbocycles. The predicted octanol–water partition coefficient (Wildman–Crippen LogP) is 2.51. The minimum absolute atomic E-state index is 0.145. The van der Waals surface area contributed by atoms with Crippen molar-refractivity contribution >= 4 is 27.3 Å². The lowest BCUT2D eigenvalue weighted by atomic mass is 10.2. The molecule has 1 aliphatic carbocycles. The third kappa shape index (κ3) is 2.37. The molecule has 0 aliphatic heterocycles. The molecule has 2 N–H and O–H groups in total. The van der Waals surface area contributed by atoms with Gasteiger partial charge in [0.2, 0.25) is 0 Å². The predicted molar refractivity (Wildman–Crippen MR) is 62.5 cm³/mol. The Kier molecular flexibility index (Phi) is 3.60. The zero-order valence-electron chi connectivity index (χ0n) is 7.87. The molecule has 1 aromatic heterocycles. The van der Waals surface area contributed by atoms with Crippen LogP contribution < -0.4 is 5.32 Å². The van der Waals surface area contributed by atoms with Gasteiger partial charge in [-0.1, -0.05) is 0 Å². The number of hydrogen-bond donors (Lipinski definition) is 2. The number of hydrogen-bond acceptors (Lipinski definition) is 3. The first-order valence-electron chi connectivity index (χ1n) is 4.90. The molecule has 0 bridgehead atoms. The first kappa shape index (κ1) is 10.6. The number of thiophene rings is 1. The van der Waals surface area contributed by atoms with Gasteiger partial charge >= 0.3 is 0 Å². The van der Waals surface area contributed by atoms with Crippen LogP contribution >= 0.6 is 27.3 Å². The van der Waals surface area contributed by atoms with Gasteiger partial charge in [0.1, 0.15) is 0 Å². The number of nitrogens with one attached hydrogen (secondary N) is 1. The molecule has 2 unspecified atom stereocenters. The first-order valence-corrected chi connectivity index (χ1v) is 6.58. The average molecular weight is 276 g/mol. The molecule has 0 saturated heterocycles. The van der Waals surface area contributed by atoms with Crippen LogP contribution in [0, 0.1) is 0 Å². The van der Waals surface area contributed by atoms with E-state index in [4.69, 9.17) is 0 Å². The quantitative estimate of drug-likeness (QED) is 0.889. The summed E-state index contributed by atoms with van der Waals surface area (Å²) in [5, 5.41) is 15.1. The van der Waals surface area contributed by atoms with Crippen LogP contribution in [0.3, 0.4) is 0 Å². The van der Waals surface area contributed by atoms with E-state index >= 15 is 0 Å². The van der Waals surface area contributed by atoms with E-state index in [-0.39, 0.29) is 6.10 Å². The summed E-state index contributed by atoms with van der Waals surface area (Å²) in [6, 6.07) is 2.36. The van der Waals surface area contributed by atoms with Crippen molar-refractivity contribution in [2.24, 2.45) is 0 Å². The summed E-state index contributed by atoms with van der Waals surface area (Å²) in [5.41, 5.74) is 0. The molecule has 0 radical (unpaired) electrons. The Morgan fingerprint density at radius 1 is 1.57 bits per heavy atom. The zero-order chi connectivity index (χ0) is 9.97. The van der Waals surface area contributed by atoms with Crippen molar-refractivity contribution in [3.63, 3.8) is 0 Å². The lowest BCUT2D eigenvalue weighted by Gasteiger charge is -2.15. The van der Waals surface area contributed by atoms with Crippen molar-refractivity contribution in [3.8, 4) is 0 Å². The van der Waals surface area contributed by atoms with Crippen LogP contribution in [0.15, 0.2) is 15.9 Å². The molecule has 78 valence electrons. The highest BCUT2D eigenvalue weighted by Gasteiger charge is 2.24. The van der Waals surface area contributed by atoms with Gasteiger partial charge in [-0.05, 0) is 46.6 Å². The molecule has 1 saturated carbocycles. The van der Waals surface area contributed by atoms with E-state index < -0.39 is 0 Å². The maximum absolute atomic E-state index is 9.62. The lowest BCUT2D eigenvalue weighted by molar-refractivity contribution is 0.149. The molecule has 0 amide bonds. The van der Waals surface area contributed by atoms with Gasteiger partial charge in [-0.2, -0.15) is 0 Å². The standard InChI is InChI=1S/C10H14BrNOS/c11-7-4-5-14-10(7)6-12-8-2-1-3-9(8)13/h4-5,8-9,12-13H,1-3,6H2. The Morgan fingerprint density at radius 2 is 2.43 bits per heavy atom. The second-order valence-electron chi connectivity index (χ2n) is 3.68. The highest BCUT2D eigenvalue weighted by molar-refractivity contribution is 9.10. The minimum atomic E-state index is -0.145. The number of halogens is 1. The topological polar surface area (TPSA) is 32.3 Å². The van der Waals surface area contributed by atoms with Crippen LogP contribution in [0.2, 0.25) is 0 Å². The summed E-state index contributed by atoms with van der Waals surface area (Å²) < 4.78 is 1.17. The molecule has 2 rings (SSSR count). The van der Waals surface area contributed by atoms with Gasteiger partial charge in [-0.3, -0.25) is 0 Å². The maximum atomic E-state index is 9.62. The summed E-state index contributed by atoms with van der Waals surface area (Å²) in [6.07, 6.45) is 3.05. The molecule has 0 spiro atoms. The normalized spacial score (nSPS) is 27.0. The van der Waals surface area contributed by atoms with Crippen molar-refractivity contribution in [2.75, 3.05) is 0 Å². The summed E-state index contributed by atoms with van der Waals surface area (Å²) in [6.45, 7) is 0.861. The zero-order valence-corrected chi connectivity index (χ0v) is 10.3. The van der Waals surface area contributed by atoms with Crippen LogP contribution in [0.5, 0.6) is 0 Å². The van der Waals surface area contributed by atoms with E-state index in [1.807, 2.05) is 0 Å². The Bertz CT molecular complexity index is 302. The molecule has 1 aromatic rings. The first-order chi connectivity index (χ1) is 6.77. The van der Waals surface area contributed by atoms with Crippen LogP contribution in [-0.4, -0.2) is 17.3 Å². The Balaban J connectivity index is 1.85. The van der Waals surface area contributed by atoms with Crippen LogP contribution in [0.1, 0.15) is 24.1 Å². The summed E-state index contributed by atoms with van der Waals surface area (Å²) in [5.74, 6) is 0. The number of aliphatic hydroxyl groups is 1. The molecule has 4 heteroatoms. The van der Waals surface area contributed by atoms with Gasteiger partial charge in [0.05, 0.1) is 6.10 Å². The highest BCUT2D eigenvalue weighted by atomic mass is 79.9. The van der Waals surface area contributed by atoms with Crippen LogP contribution in [-0.2, 0) is 6.54 Å². The molecule has 1 heterocycles. The van der Waals surface area contributed by atoms with Gasteiger partial charge in [0.25, 0.3) is 0 Å². The van der Waals surface area contributed by atoms with Gasteiger partial charge < -0.3 is 10.4 Å². The molecular formula is C10H14BrNOS. The molecule has 14 heavy (non-hydrogen) atoms. The Morgan fingerprint density at radius 3 is 3.00 bits per heavy atom. The molecule has 1 aliphatic rings. The van der Waals surface area contributed by atoms with Crippen molar-refractivity contribution in [2.45, 2.75) is 38.0 Å². The molecule has 2 nitrogen and oxygen atoms in total.